The van der Waals surface area contributed by atoms with Crippen LogP contribution >= 0.6 is 0 Å². The molecule has 0 radical (unpaired) electrons. The standard InChI is InChI=1S/C13H13N3O2/c1-7-12-9(16-13(14)15-7)5-8(6-10(12)17)11-3-2-4-18-11/h2-4,8H,5-6H2,1H3,(H2,14,15,16)/t8-/m0/s1. The molecule has 1 atom stereocenters. The van der Waals surface area contributed by atoms with Gasteiger partial charge >= 0.3 is 0 Å². The molecule has 2 N–H and O–H groups in total. The average molecular weight is 243 g/mol. The van der Waals surface area contributed by atoms with E-state index in [0.29, 0.717) is 24.1 Å². The summed E-state index contributed by atoms with van der Waals surface area (Å²) < 4.78 is 5.37. The van der Waals surface area contributed by atoms with Crippen LogP contribution in [0, 0.1) is 6.92 Å². The summed E-state index contributed by atoms with van der Waals surface area (Å²) >= 11 is 0. The van der Waals surface area contributed by atoms with E-state index in [9.17, 15) is 4.79 Å². The van der Waals surface area contributed by atoms with Gasteiger partial charge in [-0.1, -0.05) is 0 Å². The van der Waals surface area contributed by atoms with Crippen LogP contribution in [0.4, 0.5) is 5.95 Å². The fourth-order valence-electron chi connectivity index (χ4n) is 2.52. The van der Waals surface area contributed by atoms with Crippen LogP contribution in [0.5, 0.6) is 0 Å². The minimum Gasteiger partial charge on any atom is -0.469 e. The van der Waals surface area contributed by atoms with Gasteiger partial charge in [-0.15, -0.1) is 0 Å². The molecule has 0 aromatic carbocycles. The molecule has 5 heteroatoms. The Hall–Kier alpha value is -2.17. The van der Waals surface area contributed by atoms with Crippen LogP contribution in [-0.4, -0.2) is 15.8 Å². The van der Waals surface area contributed by atoms with Crippen molar-refractivity contribution in [2.24, 2.45) is 0 Å². The predicted molar refractivity (Wildman–Crippen MR) is 65.3 cm³/mol. The van der Waals surface area contributed by atoms with E-state index in [1.165, 1.54) is 0 Å². The number of aromatic nitrogens is 2. The number of rotatable bonds is 1. The van der Waals surface area contributed by atoms with Crippen molar-refractivity contribution >= 4 is 11.7 Å². The number of carbonyl (C=O) groups is 1. The van der Waals surface area contributed by atoms with Crippen LogP contribution < -0.4 is 5.73 Å². The lowest BCUT2D eigenvalue weighted by Crippen LogP contribution is -2.22. The van der Waals surface area contributed by atoms with Crippen molar-refractivity contribution in [1.29, 1.82) is 0 Å². The lowest BCUT2D eigenvalue weighted by Gasteiger charge is -2.22. The van der Waals surface area contributed by atoms with Gasteiger partial charge in [0.15, 0.2) is 5.78 Å². The van der Waals surface area contributed by atoms with E-state index in [4.69, 9.17) is 10.2 Å². The van der Waals surface area contributed by atoms with Gasteiger partial charge in [-0.3, -0.25) is 4.79 Å². The summed E-state index contributed by atoms with van der Waals surface area (Å²) in [6.07, 6.45) is 2.73. The van der Waals surface area contributed by atoms with Crippen molar-refractivity contribution in [1.82, 2.24) is 9.97 Å². The topological polar surface area (TPSA) is 82.0 Å². The van der Waals surface area contributed by atoms with Gasteiger partial charge in [-0.2, -0.15) is 0 Å². The maximum atomic E-state index is 12.2. The summed E-state index contributed by atoms with van der Waals surface area (Å²) in [6, 6.07) is 3.72. The molecule has 0 aliphatic heterocycles. The molecular weight excluding hydrogens is 230 g/mol. The zero-order valence-electron chi connectivity index (χ0n) is 10.0. The minimum absolute atomic E-state index is 0.0497. The number of hydrogen-bond donors (Lipinski definition) is 1. The zero-order chi connectivity index (χ0) is 12.7. The van der Waals surface area contributed by atoms with E-state index in [1.807, 2.05) is 12.1 Å². The molecule has 2 aromatic heterocycles. The number of furan rings is 1. The van der Waals surface area contributed by atoms with E-state index in [1.54, 1.807) is 13.2 Å². The molecule has 0 fully saturated rings. The third kappa shape index (κ3) is 1.68. The summed E-state index contributed by atoms with van der Waals surface area (Å²) in [5, 5.41) is 0. The Labute approximate surface area is 104 Å². The average Bonchev–Trinajstić information content (AvgIpc) is 2.80. The van der Waals surface area contributed by atoms with Crippen molar-refractivity contribution < 1.29 is 9.21 Å². The molecule has 2 heterocycles. The summed E-state index contributed by atoms with van der Waals surface area (Å²) in [5.74, 6) is 1.16. The lowest BCUT2D eigenvalue weighted by atomic mass is 9.84. The number of nitrogens with zero attached hydrogens (tertiary/aromatic N) is 2. The molecule has 18 heavy (non-hydrogen) atoms. The summed E-state index contributed by atoms with van der Waals surface area (Å²) in [5.41, 5.74) is 7.67. The van der Waals surface area contributed by atoms with Crippen molar-refractivity contribution in [2.45, 2.75) is 25.7 Å². The molecule has 0 amide bonds. The maximum absolute atomic E-state index is 12.2. The highest BCUT2D eigenvalue weighted by molar-refractivity contribution is 5.99. The van der Waals surface area contributed by atoms with Gasteiger partial charge in [0.25, 0.3) is 0 Å². The molecule has 0 spiro atoms. The Kier molecular flexibility index (Phi) is 2.40. The van der Waals surface area contributed by atoms with Gasteiger partial charge in [-0.25, -0.2) is 9.97 Å². The molecular formula is C13H13N3O2. The molecule has 2 aromatic rings. The summed E-state index contributed by atoms with van der Waals surface area (Å²) in [6.45, 7) is 1.79. The molecule has 1 aliphatic rings. The number of Topliss-reactive ketones (excluding diaryl/α,β-unsaturated/α-hetero) is 1. The fraction of sp³-hybridized carbons (Fsp3) is 0.308. The van der Waals surface area contributed by atoms with Gasteiger partial charge in [0.05, 0.1) is 23.2 Å². The third-order valence-corrected chi connectivity index (χ3v) is 3.28. The van der Waals surface area contributed by atoms with Crippen LogP contribution in [-0.2, 0) is 6.42 Å². The normalized spacial score (nSPS) is 18.7. The van der Waals surface area contributed by atoms with E-state index in [0.717, 1.165) is 11.5 Å². The van der Waals surface area contributed by atoms with Crippen LogP contribution in [0.1, 0.15) is 39.8 Å². The first-order valence-corrected chi connectivity index (χ1v) is 5.84. The Morgan fingerprint density at radius 3 is 2.94 bits per heavy atom. The number of ketones is 1. The highest BCUT2D eigenvalue weighted by atomic mass is 16.3. The quantitative estimate of drug-likeness (QED) is 0.826. The number of carbonyl (C=O) groups excluding carboxylic acids is 1. The van der Waals surface area contributed by atoms with Crippen LogP contribution in [0.15, 0.2) is 22.8 Å². The smallest absolute Gasteiger partial charge is 0.220 e. The SMILES string of the molecule is Cc1nc(N)nc2c1C(=O)C[C@@H](c1ccco1)C2. The van der Waals surface area contributed by atoms with Gasteiger partial charge in [0.1, 0.15) is 5.76 Å². The Morgan fingerprint density at radius 1 is 1.39 bits per heavy atom. The second kappa shape index (κ2) is 3.94. The van der Waals surface area contributed by atoms with Crippen molar-refractivity contribution in [3.8, 4) is 0 Å². The Bertz CT molecular complexity index is 605. The molecule has 0 bridgehead atoms. The first kappa shape index (κ1) is 11.0. The largest absolute Gasteiger partial charge is 0.469 e. The van der Waals surface area contributed by atoms with Gasteiger partial charge in [0.2, 0.25) is 5.95 Å². The fourth-order valence-corrected chi connectivity index (χ4v) is 2.52. The van der Waals surface area contributed by atoms with Crippen LogP contribution in [0.25, 0.3) is 0 Å². The van der Waals surface area contributed by atoms with E-state index in [-0.39, 0.29) is 17.6 Å². The third-order valence-electron chi connectivity index (χ3n) is 3.28. The highest BCUT2D eigenvalue weighted by Gasteiger charge is 2.30. The number of hydrogen-bond acceptors (Lipinski definition) is 5. The number of nitrogens with two attached hydrogens (primary N) is 1. The van der Waals surface area contributed by atoms with Crippen molar-refractivity contribution in [3.63, 3.8) is 0 Å². The van der Waals surface area contributed by atoms with Crippen LogP contribution in [0.2, 0.25) is 0 Å². The molecule has 1 aliphatic carbocycles. The molecule has 5 nitrogen and oxygen atoms in total. The Morgan fingerprint density at radius 2 is 2.22 bits per heavy atom. The maximum Gasteiger partial charge on any atom is 0.220 e. The second-order valence-electron chi connectivity index (χ2n) is 4.53. The number of nitrogen functional groups attached to an aromatic ring is 1. The van der Waals surface area contributed by atoms with Crippen LogP contribution in [0.3, 0.4) is 0 Å². The Balaban J connectivity index is 2.04. The predicted octanol–water partition coefficient (Wildman–Crippen LogP) is 1.87. The monoisotopic (exact) mass is 243 g/mol. The first-order valence-electron chi connectivity index (χ1n) is 5.84. The van der Waals surface area contributed by atoms with E-state index < -0.39 is 0 Å². The first-order chi connectivity index (χ1) is 8.65. The van der Waals surface area contributed by atoms with E-state index in [2.05, 4.69) is 9.97 Å². The molecule has 0 unspecified atom stereocenters. The van der Waals surface area contributed by atoms with Crippen molar-refractivity contribution in [3.05, 3.63) is 41.1 Å². The lowest BCUT2D eigenvalue weighted by molar-refractivity contribution is 0.0958. The molecule has 3 rings (SSSR count). The summed E-state index contributed by atoms with van der Waals surface area (Å²) in [7, 11) is 0. The second-order valence-corrected chi connectivity index (χ2v) is 4.53. The van der Waals surface area contributed by atoms with E-state index >= 15 is 0 Å². The van der Waals surface area contributed by atoms with Gasteiger partial charge in [-0.05, 0) is 19.1 Å². The number of fused-ring (bicyclic) bond motifs is 1. The van der Waals surface area contributed by atoms with Gasteiger partial charge in [0, 0.05) is 18.8 Å². The molecule has 0 saturated carbocycles. The number of anilines is 1. The summed E-state index contributed by atoms with van der Waals surface area (Å²) in [4.78, 5) is 20.4. The van der Waals surface area contributed by atoms with Crippen molar-refractivity contribution in [2.75, 3.05) is 5.73 Å². The number of aryl methyl sites for hydroxylation is 1. The van der Waals surface area contributed by atoms with Gasteiger partial charge < -0.3 is 10.2 Å². The molecule has 0 saturated heterocycles. The molecule has 92 valence electrons. The minimum atomic E-state index is 0.0497. The zero-order valence-corrected chi connectivity index (χ0v) is 10.0. The highest BCUT2D eigenvalue weighted by Crippen LogP contribution is 2.33.